The lowest BCUT2D eigenvalue weighted by Gasteiger charge is -2.40. The first-order valence-corrected chi connectivity index (χ1v) is 7.74. The second-order valence-corrected chi connectivity index (χ2v) is 6.38. The van der Waals surface area contributed by atoms with Crippen molar-refractivity contribution in [3.8, 4) is 0 Å². The predicted molar refractivity (Wildman–Crippen MR) is 76.9 cm³/mol. The summed E-state index contributed by atoms with van der Waals surface area (Å²) in [5.41, 5.74) is -0.179. The zero-order valence-corrected chi connectivity index (χ0v) is 12.6. The number of rotatable bonds is 4. The molecule has 3 aliphatic heterocycles. The van der Waals surface area contributed by atoms with E-state index < -0.39 is 0 Å². The van der Waals surface area contributed by atoms with Crippen LogP contribution in [-0.4, -0.2) is 79.3 Å². The molecule has 0 unspecified atom stereocenters. The van der Waals surface area contributed by atoms with E-state index >= 15 is 0 Å². The molecule has 0 bridgehead atoms. The average Bonchev–Trinajstić information content (AvgIpc) is 2.89. The maximum absolute atomic E-state index is 12.2. The second kappa shape index (κ2) is 5.81. The van der Waals surface area contributed by atoms with Crippen molar-refractivity contribution >= 4 is 11.9 Å². The Labute approximate surface area is 125 Å². The van der Waals surface area contributed by atoms with Gasteiger partial charge in [-0.05, 0) is 19.8 Å². The number of nitrogens with one attached hydrogen (secondary N) is 2. The van der Waals surface area contributed by atoms with Crippen molar-refractivity contribution in [2.45, 2.75) is 31.4 Å². The summed E-state index contributed by atoms with van der Waals surface area (Å²) in [4.78, 5) is 27.6. The quantitative estimate of drug-likeness (QED) is 0.725. The summed E-state index contributed by atoms with van der Waals surface area (Å²) in [6.07, 6.45) is 1.72. The molecule has 3 amide bonds. The molecule has 0 aliphatic carbocycles. The van der Waals surface area contributed by atoms with E-state index in [9.17, 15) is 9.59 Å². The van der Waals surface area contributed by atoms with E-state index in [-0.39, 0.29) is 30.2 Å². The summed E-state index contributed by atoms with van der Waals surface area (Å²) >= 11 is 0. The summed E-state index contributed by atoms with van der Waals surface area (Å²) in [6, 6.07) is 0.305. The van der Waals surface area contributed by atoms with Gasteiger partial charge >= 0.3 is 6.03 Å². The van der Waals surface area contributed by atoms with Crippen LogP contribution in [-0.2, 0) is 9.53 Å². The molecular formula is C14H24N4O3. The summed E-state index contributed by atoms with van der Waals surface area (Å²) in [5.74, 6) is 0.0625. The minimum atomic E-state index is -0.179. The van der Waals surface area contributed by atoms with Gasteiger partial charge in [-0.2, -0.15) is 0 Å². The van der Waals surface area contributed by atoms with Gasteiger partial charge in [-0.3, -0.25) is 4.79 Å². The van der Waals surface area contributed by atoms with Crippen LogP contribution in [0.15, 0.2) is 0 Å². The summed E-state index contributed by atoms with van der Waals surface area (Å²) in [7, 11) is 0. The fraction of sp³-hybridized carbons (Fsp3) is 0.857. The van der Waals surface area contributed by atoms with Gasteiger partial charge in [-0.15, -0.1) is 0 Å². The first-order valence-electron chi connectivity index (χ1n) is 7.74. The van der Waals surface area contributed by atoms with Gasteiger partial charge in [0, 0.05) is 45.3 Å². The lowest BCUT2D eigenvalue weighted by atomic mass is 10.0. The van der Waals surface area contributed by atoms with Crippen LogP contribution < -0.4 is 10.6 Å². The number of likely N-dealkylation sites (tertiary alicyclic amines) is 1. The molecule has 3 heterocycles. The van der Waals surface area contributed by atoms with Gasteiger partial charge in [0.1, 0.15) is 6.61 Å². The Kier molecular flexibility index (Phi) is 4.03. The number of amides is 3. The number of hydrogen-bond donors (Lipinski definition) is 2. The molecule has 0 aromatic rings. The largest absolute Gasteiger partial charge is 0.363 e. The molecule has 118 valence electrons. The molecular weight excluding hydrogens is 272 g/mol. The van der Waals surface area contributed by atoms with Crippen LogP contribution in [0.25, 0.3) is 0 Å². The van der Waals surface area contributed by atoms with E-state index in [1.54, 1.807) is 0 Å². The third-order valence-corrected chi connectivity index (χ3v) is 4.69. The highest BCUT2D eigenvalue weighted by atomic mass is 16.5. The van der Waals surface area contributed by atoms with Gasteiger partial charge in [-0.25, -0.2) is 4.79 Å². The minimum absolute atomic E-state index is 0.0357. The fourth-order valence-corrected chi connectivity index (χ4v) is 3.17. The highest BCUT2D eigenvalue weighted by Crippen LogP contribution is 2.19. The predicted octanol–water partition coefficient (Wildman–Crippen LogP) is -0.619. The third kappa shape index (κ3) is 3.13. The summed E-state index contributed by atoms with van der Waals surface area (Å²) in [5, 5.41) is 5.98. The summed E-state index contributed by atoms with van der Waals surface area (Å²) < 4.78 is 5.70. The van der Waals surface area contributed by atoms with Crippen LogP contribution >= 0.6 is 0 Å². The molecule has 7 nitrogen and oxygen atoms in total. The highest BCUT2D eigenvalue weighted by molar-refractivity contribution is 5.78. The van der Waals surface area contributed by atoms with E-state index in [0.717, 1.165) is 39.0 Å². The molecule has 3 fully saturated rings. The summed E-state index contributed by atoms with van der Waals surface area (Å²) in [6.45, 7) is 6.75. The van der Waals surface area contributed by atoms with Gasteiger partial charge < -0.3 is 25.2 Å². The molecule has 0 spiro atoms. The van der Waals surface area contributed by atoms with Gasteiger partial charge in [0.15, 0.2) is 0 Å². The van der Waals surface area contributed by atoms with Crippen molar-refractivity contribution in [2.24, 2.45) is 0 Å². The van der Waals surface area contributed by atoms with Crippen LogP contribution in [0, 0.1) is 0 Å². The third-order valence-electron chi connectivity index (χ3n) is 4.69. The van der Waals surface area contributed by atoms with Gasteiger partial charge in [0.2, 0.25) is 5.91 Å². The van der Waals surface area contributed by atoms with Crippen LogP contribution in [0.4, 0.5) is 4.79 Å². The van der Waals surface area contributed by atoms with Crippen molar-refractivity contribution < 1.29 is 14.3 Å². The first kappa shape index (κ1) is 14.6. The Morgan fingerprint density at radius 3 is 2.57 bits per heavy atom. The van der Waals surface area contributed by atoms with E-state index in [0.29, 0.717) is 13.1 Å². The molecule has 7 heteroatoms. The van der Waals surface area contributed by atoms with E-state index in [1.807, 2.05) is 16.7 Å². The van der Waals surface area contributed by atoms with Crippen LogP contribution in [0.3, 0.4) is 0 Å². The van der Waals surface area contributed by atoms with Crippen LogP contribution in [0.2, 0.25) is 0 Å². The van der Waals surface area contributed by atoms with Gasteiger partial charge in [0.25, 0.3) is 0 Å². The lowest BCUT2D eigenvalue weighted by Crippen LogP contribution is -2.60. The Balaban J connectivity index is 1.42. The highest BCUT2D eigenvalue weighted by Gasteiger charge is 2.35. The standard InChI is InChI=1S/C14H24N4O3/c1-14(9-15-10-14)21-8-12(19)17-5-2-11(3-6-17)18-7-4-16-13(18)20/h11,15H,2-10H2,1H3,(H,16,20). The van der Waals surface area contributed by atoms with Gasteiger partial charge in [0.05, 0.1) is 5.60 Å². The maximum Gasteiger partial charge on any atom is 0.317 e. The number of carbonyl (C=O) groups excluding carboxylic acids is 2. The molecule has 0 atom stereocenters. The monoisotopic (exact) mass is 296 g/mol. The molecule has 0 radical (unpaired) electrons. The molecule has 0 saturated carbocycles. The number of nitrogens with zero attached hydrogens (tertiary/aromatic N) is 2. The Hall–Kier alpha value is -1.34. The Morgan fingerprint density at radius 2 is 2.05 bits per heavy atom. The van der Waals surface area contributed by atoms with Crippen molar-refractivity contribution in [1.29, 1.82) is 0 Å². The zero-order chi connectivity index (χ0) is 14.9. The van der Waals surface area contributed by atoms with E-state index in [4.69, 9.17) is 4.74 Å². The number of ether oxygens (including phenoxy) is 1. The smallest absolute Gasteiger partial charge is 0.317 e. The normalized spacial score (nSPS) is 25.7. The molecule has 21 heavy (non-hydrogen) atoms. The molecule has 0 aromatic carbocycles. The SMILES string of the molecule is CC1(OCC(=O)N2CCC(N3CCNC3=O)CC2)CNC1. The van der Waals surface area contributed by atoms with Crippen molar-refractivity contribution in [3.63, 3.8) is 0 Å². The van der Waals surface area contributed by atoms with Crippen LogP contribution in [0.1, 0.15) is 19.8 Å². The fourth-order valence-electron chi connectivity index (χ4n) is 3.17. The van der Waals surface area contributed by atoms with Crippen molar-refractivity contribution in [1.82, 2.24) is 20.4 Å². The molecule has 3 saturated heterocycles. The Bertz CT molecular complexity index is 416. The minimum Gasteiger partial charge on any atom is -0.363 e. The van der Waals surface area contributed by atoms with Gasteiger partial charge in [-0.1, -0.05) is 0 Å². The van der Waals surface area contributed by atoms with E-state index in [2.05, 4.69) is 10.6 Å². The first-order chi connectivity index (χ1) is 10.1. The molecule has 3 rings (SSSR count). The number of carbonyl (C=O) groups is 2. The topological polar surface area (TPSA) is 73.9 Å². The van der Waals surface area contributed by atoms with E-state index in [1.165, 1.54) is 0 Å². The molecule has 0 aromatic heterocycles. The Morgan fingerprint density at radius 1 is 1.33 bits per heavy atom. The average molecular weight is 296 g/mol. The lowest BCUT2D eigenvalue weighted by molar-refractivity contribution is -0.147. The second-order valence-electron chi connectivity index (χ2n) is 6.38. The number of piperidine rings is 1. The number of hydrogen-bond acceptors (Lipinski definition) is 4. The molecule has 2 N–H and O–H groups in total. The van der Waals surface area contributed by atoms with Crippen molar-refractivity contribution in [3.05, 3.63) is 0 Å². The molecule has 3 aliphatic rings. The van der Waals surface area contributed by atoms with Crippen molar-refractivity contribution in [2.75, 3.05) is 45.9 Å². The van der Waals surface area contributed by atoms with Crippen LogP contribution in [0.5, 0.6) is 0 Å². The number of urea groups is 1. The zero-order valence-electron chi connectivity index (χ0n) is 12.6. The maximum atomic E-state index is 12.2.